The summed E-state index contributed by atoms with van der Waals surface area (Å²) in [6, 6.07) is 9.40. The van der Waals surface area contributed by atoms with E-state index in [1.54, 1.807) is 16.3 Å². The molecule has 9 nitrogen and oxygen atoms in total. The third-order valence-electron chi connectivity index (χ3n) is 4.26. The smallest absolute Gasteiger partial charge is 0.297 e. The average Bonchev–Trinajstić information content (AvgIpc) is 3.17. The fourth-order valence-corrected chi connectivity index (χ4v) is 3.61. The summed E-state index contributed by atoms with van der Waals surface area (Å²) in [5, 5.41) is 14.6. The molecule has 1 atom stereocenters. The number of nitrogens with one attached hydrogen (secondary N) is 1. The van der Waals surface area contributed by atoms with E-state index in [0.29, 0.717) is 16.5 Å². The molecule has 28 heavy (non-hydrogen) atoms. The van der Waals surface area contributed by atoms with Crippen LogP contribution >= 0.6 is 11.8 Å². The van der Waals surface area contributed by atoms with Gasteiger partial charge in [0, 0.05) is 13.1 Å². The van der Waals surface area contributed by atoms with E-state index in [2.05, 4.69) is 20.8 Å². The second-order valence-corrected chi connectivity index (χ2v) is 8.01. The van der Waals surface area contributed by atoms with Crippen LogP contribution in [-0.2, 0) is 11.8 Å². The van der Waals surface area contributed by atoms with Gasteiger partial charge in [0.1, 0.15) is 0 Å². The zero-order valence-corrected chi connectivity index (χ0v) is 17.3. The Hall–Kier alpha value is -2.88. The van der Waals surface area contributed by atoms with Crippen LogP contribution < -0.4 is 10.9 Å². The van der Waals surface area contributed by atoms with Gasteiger partial charge in [0.15, 0.2) is 5.69 Å². The topological polar surface area (TPSA) is 99.6 Å². The van der Waals surface area contributed by atoms with E-state index >= 15 is 0 Å². The molecular formula is C18H23N7O2S. The Morgan fingerprint density at radius 1 is 1.18 bits per heavy atom. The van der Waals surface area contributed by atoms with Gasteiger partial charge in [-0.1, -0.05) is 30.0 Å². The van der Waals surface area contributed by atoms with Crippen LogP contribution in [0.2, 0.25) is 0 Å². The molecule has 0 spiro atoms. The normalized spacial score (nSPS) is 12.4. The van der Waals surface area contributed by atoms with Crippen LogP contribution in [0.15, 0.2) is 40.3 Å². The van der Waals surface area contributed by atoms with Gasteiger partial charge < -0.3 is 5.32 Å². The summed E-state index contributed by atoms with van der Waals surface area (Å²) in [5.74, 6) is -0.110. The molecule has 0 saturated carbocycles. The Bertz CT molecular complexity index is 1040. The van der Waals surface area contributed by atoms with Crippen LogP contribution in [0.3, 0.4) is 0 Å². The lowest BCUT2D eigenvalue weighted by atomic mass is 10.3. The summed E-state index contributed by atoms with van der Waals surface area (Å²) in [6.45, 7) is 7.42. The van der Waals surface area contributed by atoms with Crippen molar-refractivity contribution in [2.75, 3.05) is 0 Å². The van der Waals surface area contributed by atoms with Crippen LogP contribution in [0.5, 0.6) is 0 Å². The number of aromatic nitrogens is 6. The van der Waals surface area contributed by atoms with Gasteiger partial charge in [0.25, 0.3) is 5.56 Å². The molecule has 148 valence electrons. The van der Waals surface area contributed by atoms with Crippen LogP contribution in [0.25, 0.3) is 11.4 Å². The lowest BCUT2D eigenvalue weighted by Crippen LogP contribution is -2.36. The highest BCUT2D eigenvalue weighted by Crippen LogP contribution is 2.23. The predicted octanol–water partition coefficient (Wildman–Crippen LogP) is 1.47. The average molecular weight is 401 g/mol. The van der Waals surface area contributed by atoms with Gasteiger partial charge in [0.05, 0.1) is 16.6 Å². The molecule has 0 bridgehead atoms. The highest BCUT2D eigenvalue weighted by atomic mass is 32.2. The SMILES string of the molecule is Cc1c(-n2nnnc2SC(C)C(=O)NC(C)C)c(=O)n(-c2ccccc2)n1C. The summed E-state index contributed by atoms with van der Waals surface area (Å²) in [7, 11) is 1.81. The van der Waals surface area contributed by atoms with Gasteiger partial charge in [-0.25, -0.2) is 4.68 Å². The quantitative estimate of drug-likeness (QED) is 0.628. The molecule has 3 aromatic rings. The van der Waals surface area contributed by atoms with E-state index in [4.69, 9.17) is 0 Å². The van der Waals surface area contributed by atoms with Crippen LogP contribution in [0.4, 0.5) is 0 Å². The van der Waals surface area contributed by atoms with Gasteiger partial charge in [-0.2, -0.15) is 4.68 Å². The minimum Gasteiger partial charge on any atom is -0.353 e. The maximum Gasteiger partial charge on any atom is 0.297 e. The summed E-state index contributed by atoms with van der Waals surface area (Å²) in [5.41, 5.74) is 1.58. The third-order valence-corrected chi connectivity index (χ3v) is 5.29. The second kappa shape index (κ2) is 8.01. The number of amides is 1. The number of carbonyl (C=O) groups excluding carboxylic acids is 1. The first kappa shape index (κ1) is 19.9. The minimum absolute atomic E-state index is 0.0426. The van der Waals surface area contributed by atoms with Gasteiger partial charge in [-0.05, 0) is 50.3 Å². The number of benzene rings is 1. The molecule has 0 aliphatic carbocycles. The van der Waals surface area contributed by atoms with Crippen molar-refractivity contribution in [1.82, 2.24) is 34.9 Å². The number of para-hydroxylation sites is 1. The van der Waals surface area contributed by atoms with Crippen molar-refractivity contribution in [3.05, 3.63) is 46.4 Å². The molecular weight excluding hydrogens is 378 g/mol. The summed E-state index contributed by atoms with van der Waals surface area (Å²) >= 11 is 1.21. The van der Waals surface area contributed by atoms with E-state index in [9.17, 15) is 9.59 Å². The summed E-state index contributed by atoms with van der Waals surface area (Å²) < 4.78 is 4.73. The van der Waals surface area contributed by atoms with Crippen LogP contribution in [0.1, 0.15) is 26.5 Å². The van der Waals surface area contributed by atoms with E-state index in [0.717, 1.165) is 5.69 Å². The molecule has 2 aromatic heterocycles. The zero-order chi connectivity index (χ0) is 20.4. The fourth-order valence-electron chi connectivity index (χ4n) is 2.80. The van der Waals surface area contributed by atoms with Crippen molar-refractivity contribution in [2.45, 2.75) is 44.1 Å². The maximum atomic E-state index is 13.2. The molecule has 1 aromatic carbocycles. The number of thioether (sulfide) groups is 1. The molecule has 0 aliphatic rings. The van der Waals surface area contributed by atoms with E-state index in [1.807, 2.05) is 58.2 Å². The number of carbonyl (C=O) groups is 1. The second-order valence-electron chi connectivity index (χ2n) is 6.71. The highest BCUT2D eigenvalue weighted by Gasteiger charge is 2.24. The fraction of sp³-hybridized carbons (Fsp3) is 0.389. The first-order valence-electron chi connectivity index (χ1n) is 8.91. The van der Waals surface area contributed by atoms with Crippen LogP contribution in [0, 0.1) is 6.92 Å². The Balaban J connectivity index is 2.00. The summed E-state index contributed by atoms with van der Waals surface area (Å²) in [4.78, 5) is 25.4. The van der Waals surface area contributed by atoms with Crippen molar-refractivity contribution < 1.29 is 4.79 Å². The number of tetrazole rings is 1. The molecule has 0 radical (unpaired) electrons. The molecule has 1 amide bonds. The largest absolute Gasteiger partial charge is 0.353 e. The Kier molecular flexibility index (Phi) is 5.68. The predicted molar refractivity (Wildman–Crippen MR) is 107 cm³/mol. The van der Waals surface area contributed by atoms with Gasteiger partial charge in [-0.3, -0.25) is 14.3 Å². The van der Waals surface area contributed by atoms with Crippen molar-refractivity contribution in [2.24, 2.45) is 7.05 Å². The third kappa shape index (κ3) is 3.72. The monoisotopic (exact) mass is 401 g/mol. The number of hydrogen-bond acceptors (Lipinski definition) is 6. The molecule has 0 aliphatic heterocycles. The first-order valence-corrected chi connectivity index (χ1v) is 9.79. The van der Waals surface area contributed by atoms with Gasteiger partial charge >= 0.3 is 0 Å². The molecule has 0 saturated heterocycles. The summed E-state index contributed by atoms with van der Waals surface area (Å²) in [6.07, 6.45) is 0. The number of hydrogen-bond donors (Lipinski definition) is 1. The zero-order valence-electron chi connectivity index (χ0n) is 16.4. The maximum absolute atomic E-state index is 13.2. The van der Waals surface area contributed by atoms with E-state index < -0.39 is 5.25 Å². The lowest BCUT2D eigenvalue weighted by Gasteiger charge is -2.13. The van der Waals surface area contributed by atoms with Crippen molar-refractivity contribution in [3.8, 4) is 11.4 Å². The number of rotatable bonds is 6. The van der Waals surface area contributed by atoms with Crippen molar-refractivity contribution in [3.63, 3.8) is 0 Å². The first-order chi connectivity index (χ1) is 13.3. The Morgan fingerprint density at radius 3 is 2.50 bits per heavy atom. The van der Waals surface area contributed by atoms with Gasteiger partial charge in [-0.15, -0.1) is 5.10 Å². The molecule has 10 heteroatoms. The molecule has 1 N–H and O–H groups in total. The standard InChI is InChI=1S/C18H23N7O2S/c1-11(2)19-16(26)13(4)28-18-20-21-22-24(18)15-12(3)23(5)25(17(15)27)14-9-7-6-8-10-14/h6-11,13H,1-5H3,(H,19,26). The minimum atomic E-state index is -0.410. The van der Waals surface area contributed by atoms with Gasteiger partial charge in [0.2, 0.25) is 11.1 Å². The van der Waals surface area contributed by atoms with Crippen LogP contribution in [-0.4, -0.2) is 46.8 Å². The Morgan fingerprint density at radius 2 is 1.86 bits per heavy atom. The number of nitrogens with zero attached hydrogens (tertiary/aromatic N) is 6. The molecule has 0 fully saturated rings. The molecule has 2 heterocycles. The highest BCUT2D eigenvalue weighted by molar-refractivity contribution is 8.00. The van der Waals surface area contributed by atoms with Crippen molar-refractivity contribution >= 4 is 17.7 Å². The van der Waals surface area contributed by atoms with E-state index in [-0.39, 0.29) is 17.5 Å². The molecule has 3 rings (SSSR count). The van der Waals surface area contributed by atoms with E-state index in [1.165, 1.54) is 16.4 Å². The lowest BCUT2D eigenvalue weighted by molar-refractivity contribution is -0.120. The molecule has 1 unspecified atom stereocenters. The Labute approximate surface area is 166 Å². The van der Waals surface area contributed by atoms with Crippen molar-refractivity contribution in [1.29, 1.82) is 0 Å².